The van der Waals surface area contributed by atoms with Crippen molar-refractivity contribution in [3.05, 3.63) is 29.8 Å². The van der Waals surface area contributed by atoms with Crippen LogP contribution in [-0.2, 0) is 14.8 Å². The Labute approximate surface area is 116 Å². The van der Waals surface area contributed by atoms with Crippen molar-refractivity contribution < 1.29 is 28.2 Å². The van der Waals surface area contributed by atoms with E-state index >= 15 is 0 Å². The molecule has 0 saturated heterocycles. The molecule has 0 radical (unpaired) electrons. The molecule has 1 aromatic rings. The molecule has 0 aromatic heterocycles. The van der Waals surface area contributed by atoms with E-state index < -0.39 is 33.9 Å². The van der Waals surface area contributed by atoms with Gasteiger partial charge in [0.15, 0.2) is 0 Å². The van der Waals surface area contributed by atoms with Crippen LogP contribution in [0.5, 0.6) is 0 Å². The van der Waals surface area contributed by atoms with Crippen molar-refractivity contribution in [1.82, 2.24) is 4.72 Å². The molecule has 0 heterocycles. The lowest BCUT2D eigenvalue weighted by atomic mass is 10.1. The number of hydrogen-bond donors (Lipinski definition) is 3. The van der Waals surface area contributed by atoms with E-state index in [1.807, 2.05) is 0 Å². The molecule has 1 aromatic carbocycles. The van der Waals surface area contributed by atoms with Crippen LogP contribution in [0.4, 0.5) is 0 Å². The monoisotopic (exact) mass is 301 g/mol. The Morgan fingerprint density at radius 2 is 1.80 bits per heavy atom. The third-order valence-corrected chi connectivity index (χ3v) is 4.04. The summed E-state index contributed by atoms with van der Waals surface area (Å²) in [6, 6.07) is 3.42. The lowest BCUT2D eigenvalue weighted by Crippen LogP contribution is -2.44. The highest BCUT2D eigenvalue weighted by Crippen LogP contribution is 2.14. The van der Waals surface area contributed by atoms with Crippen LogP contribution in [0.2, 0.25) is 0 Å². The van der Waals surface area contributed by atoms with Gasteiger partial charge in [-0.2, -0.15) is 4.72 Å². The molecule has 110 valence electrons. The number of carbonyl (C=O) groups is 2. The van der Waals surface area contributed by atoms with Gasteiger partial charge in [-0.1, -0.05) is 19.9 Å². The molecule has 3 N–H and O–H groups in total. The van der Waals surface area contributed by atoms with Crippen LogP contribution >= 0.6 is 0 Å². The topological polar surface area (TPSA) is 121 Å². The zero-order chi connectivity index (χ0) is 15.5. The molecule has 0 unspecified atom stereocenters. The average Bonchev–Trinajstić information content (AvgIpc) is 2.35. The lowest BCUT2D eigenvalue weighted by molar-refractivity contribution is -0.140. The SMILES string of the molecule is CC(C)[C@H](NS(=O)(=O)c1cccc(C(=O)O)c1)C(=O)O. The second-order valence-electron chi connectivity index (χ2n) is 4.51. The van der Waals surface area contributed by atoms with E-state index in [1.165, 1.54) is 18.2 Å². The highest BCUT2D eigenvalue weighted by atomic mass is 32.2. The van der Waals surface area contributed by atoms with E-state index in [2.05, 4.69) is 4.72 Å². The fraction of sp³-hybridized carbons (Fsp3) is 0.333. The number of hydrogen-bond acceptors (Lipinski definition) is 4. The summed E-state index contributed by atoms with van der Waals surface area (Å²) in [7, 11) is -4.10. The fourth-order valence-electron chi connectivity index (χ4n) is 1.50. The average molecular weight is 301 g/mol. The Morgan fingerprint density at radius 3 is 2.25 bits per heavy atom. The van der Waals surface area contributed by atoms with Gasteiger partial charge >= 0.3 is 11.9 Å². The van der Waals surface area contributed by atoms with Crippen LogP contribution in [-0.4, -0.2) is 36.6 Å². The summed E-state index contributed by atoms with van der Waals surface area (Å²) < 4.78 is 26.2. The van der Waals surface area contributed by atoms with E-state index in [0.29, 0.717) is 0 Å². The standard InChI is InChI=1S/C12H15NO6S/c1-7(2)10(12(16)17)13-20(18,19)9-5-3-4-8(6-9)11(14)15/h3-7,10,13H,1-2H3,(H,14,15)(H,16,17)/t10-/m0/s1. The maximum absolute atomic E-state index is 12.1. The maximum Gasteiger partial charge on any atom is 0.335 e. The quantitative estimate of drug-likeness (QED) is 0.713. The van der Waals surface area contributed by atoms with Crippen LogP contribution in [0, 0.1) is 5.92 Å². The molecule has 8 heteroatoms. The number of aliphatic carboxylic acids is 1. The smallest absolute Gasteiger partial charge is 0.335 e. The van der Waals surface area contributed by atoms with Crippen LogP contribution in [0.1, 0.15) is 24.2 Å². The van der Waals surface area contributed by atoms with Gasteiger partial charge in [0.05, 0.1) is 10.5 Å². The minimum absolute atomic E-state index is 0.190. The number of sulfonamides is 1. The summed E-state index contributed by atoms with van der Waals surface area (Å²) in [5, 5.41) is 17.8. The minimum Gasteiger partial charge on any atom is -0.480 e. The van der Waals surface area contributed by atoms with Crippen molar-refractivity contribution >= 4 is 22.0 Å². The predicted molar refractivity (Wildman–Crippen MR) is 70.0 cm³/mol. The number of nitrogens with one attached hydrogen (secondary N) is 1. The molecule has 1 atom stereocenters. The summed E-state index contributed by atoms with van der Waals surface area (Å²) in [4.78, 5) is 21.5. The van der Waals surface area contributed by atoms with Crippen molar-refractivity contribution in [1.29, 1.82) is 0 Å². The van der Waals surface area contributed by atoms with E-state index in [0.717, 1.165) is 6.07 Å². The first-order valence-electron chi connectivity index (χ1n) is 5.73. The van der Waals surface area contributed by atoms with Gasteiger partial charge in [-0.05, 0) is 24.1 Å². The zero-order valence-electron chi connectivity index (χ0n) is 10.9. The first-order chi connectivity index (χ1) is 9.15. The molecule has 0 aliphatic rings. The Kier molecular flexibility index (Phi) is 4.85. The summed E-state index contributed by atoms with van der Waals surface area (Å²) >= 11 is 0. The Balaban J connectivity index is 3.14. The summed E-state index contributed by atoms with van der Waals surface area (Å²) in [6.07, 6.45) is 0. The van der Waals surface area contributed by atoms with Gasteiger partial charge in [0.1, 0.15) is 6.04 Å². The van der Waals surface area contributed by atoms with Gasteiger partial charge in [-0.15, -0.1) is 0 Å². The number of rotatable bonds is 6. The van der Waals surface area contributed by atoms with Crippen molar-refractivity contribution in [3.8, 4) is 0 Å². The molecule has 0 spiro atoms. The second kappa shape index (κ2) is 6.02. The number of aromatic carboxylic acids is 1. The molecule has 0 aliphatic heterocycles. The maximum atomic E-state index is 12.1. The van der Waals surface area contributed by atoms with E-state index in [-0.39, 0.29) is 10.5 Å². The number of benzene rings is 1. The number of carboxylic acids is 2. The zero-order valence-corrected chi connectivity index (χ0v) is 11.7. The predicted octanol–water partition coefficient (Wildman–Crippen LogP) is 0.772. The molecular weight excluding hydrogens is 286 g/mol. The van der Waals surface area contributed by atoms with Crippen LogP contribution in [0.15, 0.2) is 29.2 Å². The van der Waals surface area contributed by atoms with E-state index in [1.54, 1.807) is 13.8 Å². The van der Waals surface area contributed by atoms with Crippen molar-refractivity contribution in [2.75, 3.05) is 0 Å². The summed E-state index contributed by atoms with van der Waals surface area (Å²) in [5.74, 6) is -3.01. The number of carboxylic acid groups (broad SMARTS) is 2. The van der Waals surface area contributed by atoms with Gasteiger partial charge in [-0.3, -0.25) is 4.79 Å². The molecule has 7 nitrogen and oxygen atoms in total. The highest BCUT2D eigenvalue weighted by Gasteiger charge is 2.28. The molecule has 20 heavy (non-hydrogen) atoms. The van der Waals surface area contributed by atoms with E-state index in [4.69, 9.17) is 10.2 Å². The Hall–Kier alpha value is -1.93. The minimum atomic E-state index is -4.10. The van der Waals surface area contributed by atoms with Gasteiger partial charge in [0.25, 0.3) is 0 Å². The molecule has 0 fully saturated rings. The highest BCUT2D eigenvalue weighted by molar-refractivity contribution is 7.89. The van der Waals surface area contributed by atoms with Gasteiger partial charge in [0, 0.05) is 0 Å². The molecule has 0 amide bonds. The third-order valence-electron chi connectivity index (χ3n) is 2.61. The van der Waals surface area contributed by atoms with Crippen molar-refractivity contribution in [2.24, 2.45) is 5.92 Å². The van der Waals surface area contributed by atoms with Crippen LogP contribution in [0.3, 0.4) is 0 Å². The largest absolute Gasteiger partial charge is 0.480 e. The first kappa shape index (κ1) is 16.1. The van der Waals surface area contributed by atoms with Gasteiger partial charge in [-0.25, -0.2) is 13.2 Å². The van der Waals surface area contributed by atoms with Gasteiger partial charge < -0.3 is 10.2 Å². The van der Waals surface area contributed by atoms with Gasteiger partial charge in [0.2, 0.25) is 10.0 Å². The molecule has 0 bridgehead atoms. The fourth-order valence-corrected chi connectivity index (χ4v) is 2.89. The first-order valence-corrected chi connectivity index (χ1v) is 7.22. The van der Waals surface area contributed by atoms with Crippen LogP contribution < -0.4 is 4.72 Å². The van der Waals surface area contributed by atoms with Crippen LogP contribution in [0.25, 0.3) is 0 Å². The molecular formula is C12H15NO6S. The molecule has 0 aliphatic carbocycles. The molecule has 0 saturated carbocycles. The Bertz CT molecular complexity index is 623. The second-order valence-corrected chi connectivity index (χ2v) is 6.23. The Morgan fingerprint density at radius 1 is 1.20 bits per heavy atom. The molecule has 1 rings (SSSR count). The summed E-state index contributed by atoms with van der Waals surface area (Å²) in [5.41, 5.74) is -0.190. The van der Waals surface area contributed by atoms with Crippen molar-refractivity contribution in [2.45, 2.75) is 24.8 Å². The third kappa shape index (κ3) is 3.78. The normalized spacial score (nSPS) is 13.2. The van der Waals surface area contributed by atoms with E-state index in [9.17, 15) is 18.0 Å². The lowest BCUT2D eigenvalue weighted by Gasteiger charge is -2.18. The summed E-state index contributed by atoms with van der Waals surface area (Å²) in [6.45, 7) is 3.13. The van der Waals surface area contributed by atoms with Crippen molar-refractivity contribution in [3.63, 3.8) is 0 Å².